The minimum absolute atomic E-state index is 0.269. The lowest BCUT2D eigenvalue weighted by Gasteiger charge is -2.23. The van der Waals surface area contributed by atoms with Gasteiger partial charge in [0.2, 0.25) is 5.91 Å². The molecule has 1 aliphatic rings. The Bertz CT molecular complexity index is 405. The molecule has 0 bridgehead atoms. The number of carbonyl (C=O) groups is 1. The first-order valence-corrected chi connectivity index (χ1v) is 7.30. The van der Waals surface area contributed by atoms with Crippen LogP contribution < -0.4 is 4.90 Å². The summed E-state index contributed by atoms with van der Waals surface area (Å²) >= 11 is 5.68. The van der Waals surface area contributed by atoms with Gasteiger partial charge in [-0.3, -0.25) is 4.79 Å². The zero-order valence-electron chi connectivity index (χ0n) is 10.7. The summed E-state index contributed by atoms with van der Waals surface area (Å²) in [5.41, 5.74) is 2.42. The summed E-state index contributed by atoms with van der Waals surface area (Å²) in [6.07, 6.45) is 5.81. The van der Waals surface area contributed by atoms with Gasteiger partial charge in [0, 0.05) is 24.5 Å². The number of alkyl halides is 1. The van der Waals surface area contributed by atoms with Crippen LogP contribution >= 0.6 is 11.6 Å². The van der Waals surface area contributed by atoms with E-state index in [1.165, 1.54) is 5.56 Å². The van der Waals surface area contributed by atoms with Crippen LogP contribution in [0.3, 0.4) is 0 Å². The van der Waals surface area contributed by atoms with Crippen LogP contribution in [-0.4, -0.2) is 18.3 Å². The van der Waals surface area contributed by atoms with Gasteiger partial charge in [-0.05, 0) is 37.3 Å². The fourth-order valence-corrected chi connectivity index (χ4v) is 2.66. The summed E-state index contributed by atoms with van der Waals surface area (Å²) in [6.45, 7) is 0.826. The molecule has 1 heterocycles. The number of unbranched alkanes of at least 4 members (excludes halogenated alkanes) is 2. The van der Waals surface area contributed by atoms with Crippen LogP contribution in [0.2, 0.25) is 0 Å². The molecule has 3 heteroatoms. The number of rotatable bonds is 5. The zero-order valence-corrected chi connectivity index (χ0v) is 11.5. The molecule has 98 valence electrons. The predicted molar refractivity (Wildman–Crippen MR) is 76.3 cm³/mol. The SMILES string of the molecule is O=C1CCCc2ccccc2N1CCCCCCl. The van der Waals surface area contributed by atoms with Crippen LogP contribution in [0.1, 0.15) is 37.7 Å². The van der Waals surface area contributed by atoms with E-state index in [0.29, 0.717) is 12.3 Å². The number of amides is 1. The van der Waals surface area contributed by atoms with Crippen molar-refractivity contribution in [2.75, 3.05) is 17.3 Å². The van der Waals surface area contributed by atoms with Gasteiger partial charge < -0.3 is 4.90 Å². The Hall–Kier alpha value is -1.02. The molecule has 1 aliphatic heterocycles. The minimum Gasteiger partial charge on any atom is -0.312 e. The Labute approximate surface area is 114 Å². The number of para-hydroxylation sites is 1. The molecule has 1 aromatic carbocycles. The first-order chi connectivity index (χ1) is 8.83. The zero-order chi connectivity index (χ0) is 12.8. The topological polar surface area (TPSA) is 20.3 Å². The minimum atomic E-state index is 0.269. The van der Waals surface area contributed by atoms with Crippen LogP contribution in [0.5, 0.6) is 0 Å². The summed E-state index contributed by atoms with van der Waals surface area (Å²) in [5.74, 6) is 0.982. The van der Waals surface area contributed by atoms with E-state index in [9.17, 15) is 4.79 Å². The molecular weight excluding hydrogens is 246 g/mol. The van der Waals surface area contributed by atoms with Gasteiger partial charge in [-0.1, -0.05) is 24.6 Å². The quantitative estimate of drug-likeness (QED) is 0.586. The highest BCUT2D eigenvalue weighted by molar-refractivity contribution is 6.17. The van der Waals surface area contributed by atoms with E-state index in [1.54, 1.807) is 0 Å². The van der Waals surface area contributed by atoms with Gasteiger partial charge in [-0.2, -0.15) is 0 Å². The van der Waals surface area contributed by atoms with Crippen molar-refractivity contribution in [1.29, 1.82) is 0 Å². The lowest BCUT2D eigenvalue weighted by molar-refractivity contribution is -0.118. The molecule has 0 aliphatic carbocycles. The van der Waals surface area contributed by atoms with Gasteiger partial charge in [0.1, 0.15) is 0 Å². The van der Waals surface area contributed by atoms with Crippen molar-refractivity contribution in [2.45, 2.75) is 38.5 Å². The lowest BCUT2D eigenvalue weighted by Crippen LogP contribution is -2.31. The molecule has 2 nitrogen and oxygen atoms in total. The lowest BCUT2D eigenvalue weighted by atomic mass is 10.1. The molecule has 0 saturated heterocycles. The molecule has 0 unspecified atom stereocenters. The van der Waals surface area contributed by atoms with Gasteiger partial charge in [-0.15, -0.1) is 11.6 Å². The molecular formula is C15H20ClNO. The monoisotopic (exact) mass is 265 g/mol. The molecule has 1 amide bonds. The van der Waals surface area contributed by atoms with Gasteiger partial charge in [0.25, 0.3) is 0 Å². The maximum absolute atomic E-state index is 12.1. The van der Waals surface area contributed by atoms with Gasteiger partial charge in [0.05, 0.1) is 0 Å². The van der Waals surface area contributed by atoms with E-state index in [1.807, 2.05) is 11.0 Å². The molecule has 0 radical (unpaired) electrons. The maximum atomic E-state index is 12.1. The first-order valence-electron chi connectivity index (χ1n) is 6.77. The second-order valence-electron chi connectivity index (χ2n) is 4.78. The second-order valence-corrected chi connectivity index (χ2v) is 5.16. The summed E-state index contributed by atoms with van der Waals surface area (Å²) < 4.78 is 0. The highest BCUT2D eigenvalue weighted by atomic mass is 35.5. The Balaban J connectivity index is 2.08. The van der Waals surface area contributed by atoms with Gasteiger partial charge in [0.15, 0.2) is 0 Å². The summed E-state index contributed by atoms with van der Waals surface area (Å²) in [7, 11) is 0. The van der Waals surface area contributed by atoms with Crippen molar-refractivity contribution >= 4 is 23.2 Å². The highest BCUT2D eigenvalue weighted by Gasteiger charge is 2.20. The van der Waals surface area contributed by atoms with Crippen LogP contribution in [0.15, 0.2) is 24.3 Å². The van der Waals surface area contributed by atoms with E-state index in [0.717, 1.165) is 44.3 Å². The average molecular weight is 266 g/mol. The Kier molecular flexibility index (Phi) is 5.06. The molecule has 0 spiro atoms. The van der Waals surface area contributed by atoms with E-state index >= 15 is 0 Å². The number of hydrogen-bond acceptors (Lipinski definition) is 1. The summed E-state index contributed by atoms with van der Waals surface area (Å²) in [4.78, 5) is 14.1. The number of carbonyl (C=O) groups excluding carboxylic acids is 1. The standard InChI is InChI=1S/C15H20ClNO/c16-11-4-1-5-12-17-14-9-3-2-7-13(14)8-6-10-15(17)18/h2-3,7,9H,1,4-6,8,10-12H2. The average Bonchev–Trinajstić information content (AvgIpc) is 2.54. The molecule has 0 fully saturated rings. The number of benzene rings is 1. The number of nitrogens with zero attached hydrogens (tertiary/aromatic N) is 1. The third kappa shape index (κ3) is 3.26. The highest BCUT2D eigenvalue weighted by Crippen LogP contribution is 2.27. The van der Waals surface area contributed by atoms with Crippen LogP contribution in [0, 0.1) is 0 Å². The van der Waals surface area contributed by atoms with Crippen LogP contribution in [0.25, 0.3) is 0 Å². The third-order valence-electron chi connectivity index (χ3n) is 3.44. The molecule has 0 saturated carbocycles. The molecule has 0 aromatic heterocycles. The number of halogens is 1. The van der Waals surface area contributed by atoms with E-state index in [4.69, 9.17) is 11.6 Å². The van der Waals surface area contributed by atoms with Crippen molar-refractivity contribution in [1.82, 2.24) is 0 Å². The van der Waals surface area contributed by atoms with Crippen molar-refractivity contribution in [3.63, 3.8) is 0 Å². The predicted octanol–water partition coefficient (Wildman–Crippen LogP) is 3.77. The van der Waals surface area contributed by atoms with E-state index in [-0.39, 0.29) is 5.91 Å². The second kappa shape index (κ2) is 6.79. The summed E-state index contributed by atoms with van der Waals surface area (Å²) in [5, 5.41) is 0. The Morgan fingerprint density at radius 3 is 2.78 bits per heavy atom. The molecule has 0 atom stereocenters. The number of hydrogen-bond donors (Lipinski definition) is 0. The molecule has 0 N–H and O–H groups in total. The van der Waals surface area contributed by atoms with Crippen molar-refractivity contribution < 1.29 is 4.79 Å². The van der Waals surface area contributed by atoms with Gasteiger partial charge in [-0.25, -0.2) is 0 Å². The van der Waals surface area contributed by atoms with E-state index in [2.05, 4.69) is 18.2 Å². The third-order valence-corrected chi connectivity index (χ3v) is 3.70. The summed E-state index contributed by atoms with van der Waals surface area (Å²) in [6, 6.07) is 8.28. The van der Waals surface area contributed by atoms with Crippen molar-refractivity contribution in [3.05, 3.63) is 29.8 Å². The maximum Gasteiger partial charge on any atom is 0.226 e. The first kappa shape index (κ1) is 13.4. The van der Waals surface area contributed by atoms with E-state index < -0.39 is 0 Å². The molecule has 2 rings (SSSR count). The number of fused-ring (bicyclic) bond motifs is 1. The normalized spacial score (nSPS) is 15.4. The van der Waals surface area contributed by atoms with Gasteiger partial charge >= 0.3 is 0 Å². The number of anilines is 1. The molecule has 1 aromatic rings. The van der Waals surface area contributed by atoms with Crippen LogP contribution in [0.4, 0.5) is 5.69 Å². The Morgan fingerprint density at radius 1 is 1.11 bits per heavy atom. The Morgan fingerprint density at radius 2 is 1.94 bits per heavy atom. The van der Waals surface area contributed by atoms with Crippen molar-refractivity contribution in [3.8, 4) is 0 Å². The van der Waals surface area contributed by atoms with Crippen LogP contribution in [-0.2, 0) is 11.2 Å². The van der Waals surface area contributed by atoms with Crippen molar-refractivity contribution in [2.24, 2.45) is 0 Å². The molecule has 18 heavy (non-hydrogen) atoms. The number of aryl methyl sites for hydroxylation is 1. The largest absolute Gasteiger partial charge is 0.312 e. The fourth-order valence-electron chi connectivity index (χ4n) is 2.47. The fraction of sp³-hybridized carbons (Fsp3) is 0.533. The smallest absolute Gasteiger partial charge is 0.226 e.